The van der Waals surface area contributed by atoms with Crippen molar-refractivity contribution >= 4 is 36.2 Å². The predicted octanol–water partition coefficient (Wildman–Crippen LogP) is 2.41. The number of nitrogens with two attached hydrogens (primary N) is 1. The maximum atomic E-state index is 10.8. The number of hydrogen-bond acceptors (Lipinski definition) is 3. The normalized spacial score (nSPS) is 12.8. The van der Waals surface area contributed by atoms with Crippen LogP contribution in [0.2, 0.25) is 12.6 Å². The van der Waals surface area contributed by atoms with E-state index < -0.39 is 20.1 Å². The lowest BCUT2D eigenvalue weighted by molar-refractivity contribution is -0.137. The molecule has 0 saturated carbocycles. The van der Waals surface area contributed by atoms with E-state index in [2.05, 4.69) is 67.2 Å². The van der Waals surface area contributed by atoms with Gasteiger partial charge in [-0.2, -0.15) is 11.8 Å². The summed E-state index contributed by atoms with van der Waals surface area (Å²) in [6.45, 7) is 2.42. The molecule has 0 bridgehead atoms. The molecule has 0 aromatic heterocycles. The van der Waals surface area contributed by atoms with Crippen LogP contribution in [0.5, 0.6) is 0 Å². The molecule has 0 radical (unpaired) electrons. The van der Waals surface area contributed by atoms with Gasteiger partial charge in [0.1, 0.15) is 14.1 Å². The van der Waals surface area contributed by atoms with E-state index in [1.807, 2.05) is 0 Å². The van der Waals surface area contributed by atoms with E-state index >= 15 is 0 Å². The summed E-state index contributed by atoms with van der Waals surface area (Å²) in [5.74, 6) is 0.503. The molecule has 0 saturated heterocycles. The highest BCUT2D eigenvalue weighted by Crippen LogP contribution is 2.16. The molecule has 1 atom stereocenters. The highest BCUT2D eigenvalue weighted by Gasteiger charge is 2.30. The largest absolute Gasteiger partial charge is 0.480 e. The molecule has 0 aliphatic carbocycles. The second kappa shape index (κ2) is 9.06. The van der Waals surface area contributed by atoms with Crippen molar-refractivity contribution in [3.8, 4) is 0 Å². The molecule has 128 valence electrons. The third kappa shape index (κ3) is 4.96. The number of carbonyl (C=O) groups is 1. The minimum atomic E-state index is -1.76. The molecule has 0 fully saturated rings. The summed E-state index contributed by atoms with van der Waals surface area (Å²) in [5, 5.41) is 11.7. The molecule has 0 heterocycles. The zero-order chi connectivity index (χ0) is 17.4. The first-order valence-corrected chi connectivity index (χ1v) is 12.1. The molecule has 0 aliphatic heterocycles. The molecule has 0 spiro atoms. The van der Waals surface area contributed by atoms with Gasteiger partial charge < -0.3 is 10.8 Å². The van der Waals surface area contributed by atoms with E-state index in [0.717, 1.165) is 18.2 Å². The Morgan fingerprint density at radius 2 is 1.58 bits per heavy atom. The summed E-state index contributed by atoms with van der Waals surface area (Å²) >= 11 is 1.64. The molecule has 2 aromatic rings. The second-order valence-electron chi connectivity index (χ2n) is 6.19. The molecule has 3 N–H and O–H groups in total. The Kier molecular flexibility index (Phi) is 7.09. The Labute approximate surface area is 149 Å². The van der Waals surface area contributed by atoms with Crippen molar-refractivity contribution in [2.75, 3.05) is 11.5 Å². The van der Waals surface area contributed by atoms with Crippen LogP contribution in [-0.4, -0.2) is 36.7 Å². The van der Waals surface area contributed by atoms with E-state index in [1.54, 1.807) is 11.8 Å². The van der Waals surface area contributed by atoms with E-state index in [-0.39, 0.29) is 0 Å². The van der Waals surface area contributed by atoms with Crippen molar-refractivity contribution in [3.63, 3.8) is 0 Å². The summed E-state index contributed by atoms with van der Waals surface area (Å²) < 4.78 is 0. The van der Waals surface area contributed by atoms with E-state index in [4.69, 9.17) is 10.8 Å². The highest BCUT2D eigenvalue weighted by atomic mass is 32.2. The minimum Gasteiger partial charge on any atom is -0.480 e. The summed E-state index contributed by atoms with van der Waals surface area (Å²) in [6, 6.07) is 21.9. The van der Waals surface area contributed by atoms with Gasteiger partial charge in [0.2, 0.25) is 0 Å². The monoisotopic (exact) mass is 359 g/mol. The van der Waals surface area contributed by atoms with E-state index in [9.17, 15) is 4.79 Å². The molecule has 0 amide bonds. The summed E-state index contributed by atoms with van der Waals surface area (Å²) in [6.07, 6.45) is 1.07. The number of thioether (sulfide) groups is 1. The second-order valence-corrected chi connectivity index (χ2v) is 11.7. The number of carboxylic acid groups (broad SMARTS) is 1. The van der Waals surface area contributed by atoms with Crippen LogP contribution in [0.1, 0.15) is 6.42 Å². The van der Waals surface area contributed by atoms with Crippen molar-refractivity contribution in [3.05, 3.63) is 60.7 Å². The maximum absolute atomic E-state index is 10.8. The molecule has 5 heteroatoms. The van der Waals surface area contributed by atoms with Gasteiger partial charge in [-0.25, -0.2) is 0 Å². The Balaban J connectivity index is 2.02. The molecule has 3 nitrogen and oxygen atoms in total. The first kappa shape index (κ1) is 18.8. The van der Waals surface area contributed by atoms with Gasteiger partial charge in [-0.05, 0) is 18.2 Å². The van der Waals surface area contributed by atoms with Gasteiger partial charge in [0.25, 0.3) is 0 Å². The number of aliphatic carboxylic acids is 1. The van der Waals surface area contributed by atoms with Crippen LogP contribution in [0, 0.1) is 0 Å². The summed E-state index contributed by atoms with van der Waals surface area (Å²) in [7, 11) is -1.76. The summed E-state index contributed by atoms with van der Waals surface area (Å²) in [5.41, 5.74) is 5.55. The molecular formula is C19H25NO2SSi. The molecule has 0 aliphatic rings. The van der Waals surface area contributed by atoms with Crippen molar-refractivity contribution < 1.29 is 9.90 Å². The van der Waals surface area contributed by atoms with Crippen LogP contribution in [0.3, 0.4) is 0 Å². The average molecular weight is 360 g/mol. The average Bonchev–Trinajstić information content (AvgIpc) is 2.62. The van der Waals surface area contributed by atoms with Gasteiger partial charge in [0.15, 0.2) is 0 Å². The Morgan fingerprint density at radius 3 is 2.04 bits per heavy atom. The lowest BCUT2D eigenvalue weighted by Gasteiger charge is -2.29. The Morgan fingerprint density at radius 1 is 1.08 bits per heavy atom. The molecule has 24 heavy (non-hydrogen) atoms. The topological polar surface area (TPSA) is 63.3 Å². The van der Waals surface area contributed by atoms with Gasteiger partial charge in [-0.1, -0.05) is 77.6 Å². The standard InChI is InChI=1S/C19H25NO2SSi/c1-24(16-9-4-2-5-10-16,17-11-6-3-7-12-17)14-8-13-23-15-18(20)19(21)22/h2-7,9-12,18H,8,13-15,20H2,1H3,(H,21,22)/t18-/m0/s1. The van der Waals surface area contributed by atoms with Crippen molar-refractivity contribution in [1.29, 1.82) is 0 Å². The van der Waals surface area contributed by atoms with Gasteiger partial charge in [0, 0.05) is 5.75 Å². The molecule has 2 aromatic carbocycles. The number of rotatable bonds is 9. The van der Waals surface area contributed by atoms with Gasteiger partial charge >= 0.3 is 5.97 Å². The quantitative estimate of drug-likeness (QED) is 0.533. The van der Waals surface area contributed by atoms with Crippen molar-refractivity contribution in [2.45, 2.75) is 25.1 Å². The van der Waals surface area contributed by atoms with Crippen LogP contribution >= 0.6 is 11.8 Å². The molecule has 2 rings (SSSR count). The Bertz CT molecular complexity index is 597. The SMILES string of the molecule is C[Si](CCCSC[C@H](N)C(=O)O)(c1ccccc1)c1ccccc1. The predicted molar refractivity (Wildman–Crippen MR) is 106 cm³/mol. The Hall–Kier alpha value is -1.56. The number of carboxylic acids is 1. The summed E-state index contributed by atoms with van der Waals surface area (Å²) in [4.78, 5) is 10.8. The number of benzene rings is 2. The lowest BCUT2D eigenvalue weighted by Crippen LogP contribution is -2.55. The smallest absolute Gasteiger partial charge is 0.321 e. The van der Waals surface area contributed by atoms with Crippen LogP contribution in [0.4, 0.5) is 0 Å². The minimum absolute atomic E-state index is 0.476. The van der Waals surface area contributed by atoms with Crippen LogP contribution in [0.25, 0.3) is 0 Å². The third-order valence-corrected chi connectivity index (χ3v) is 10.1. The first-order valence-electron chi connectivity index (χ1n) is 8.21. The molecule has 0 unspecified atom stereocenters. The van der Waals surface area contributed by atoms with Gasteiger partial charge in [-0.3, -0.25) is 4.79 Å². The van der Waals surface area contributed by atoms with E-state index in [1.165, 1.54) is 10.4 Å². The zero-order valence-corrected chi connectivity index (χ0v) is 15.8. The fourth-order valence-corrected chi connectivity index (χ4v) is 7.70. The van der Waals surface area contributed by atoms with Crippen LogP contribution < -0.4 is 16.1 Å². The fraction of sp³-hybridized carbons (Fsp3) is 0.316. The van der Waals surface area contributed by atoms with Gasteiger partial charge in [0.05, 0.1) is 0 Å². The fourth-order valence-electron chi connectivity index (χ4n) is 2.88. The van der Waals surface area contributed by atoms with E-state index in [0.29, 0.717) is 5.75 Å². The third-order valence-electron chi connectivity index (χ3n) is 4.40. The lowest BCUT2D eigenvalue weighted by atomic mass is 10.4. The van der Waals surface area contributed by atoms with Crippen molar-refractivity contribution in [1.82, 2.24) is 0 Å². The zero-order valence-electron chi connectivity index (χ0n) is 14.0. The van der Waals surface area contributed by atoms with Crippen LogP contribution in [0.15, 0.2) is 60.7 Å². The van der Waals surface area contributed by atoms with Crippen LogP contribution in [-0.2, 0) is 4.79 Å². The maximum Gasteiger partial charge on any atom is 0.321 e. The molecular weight excluding hydrogens is 334 g/mol. The van der Waals surface area contributed by atoms with Crippen molar-refractivity contribution in [2.24, 2.45) is 5.73 Å². The van der Waals surface area contributed by atoms with Gasteiger partial charge in [-0.15, -0.1) is 0 Å². The highest BCUT2D eigenvalue weighted by molar-refractivity contribution is 7.99. The number of hydrogen-bond donors (Lipinski definition) is 2. The first-order chi connectivity index (χ1) is 11.5.